The fraction of sp³-hybridized carbons (Fsp3) is 0.889. The molecule has 2 N–H and O–H groups in total. The molecule has 0 saturated heterocycles. The summed E-state index contributed by atoms with van der Waals surface area (Å²) < 4.78 is 0. The second kappa shape index (κ2) is 4.45. The maximum absolute atomic E-state index is 11.4. The molecule has 70 valence electrons. The number of hydrogen-bond acceptors (Lipinski definition) is 2. The van der Waals surface area contributed by atoms with Gasteiger partial charge in [-0.2, -0.15) is 0 Å². The number of rotatable bonds is 3. The Bertz CT molecular complexity index is 159. The standard InChI is InChI=1S/C9H17NO2/c1-7-3-2-4-8(7)9(12)10-5-6-11/h7-8,11H,2-6H2,1H3,(H,10,12). The Morgan fingerprint density at radius 2 is 2.33 bits per heavy atom. The summed E-state index contributed by atoms with van der Waals surface area (Å²) in [7, 11) is 0. The molecule has 0 spiro atoms. The molecular formula is C9H17NO2. The van der Waals surface area contributed by atoms with Crippen molar-refractivity contribution in [2.45, 2.75) is 26.2 Å². The Morgan fingerprint density at radius 1 is 1.58 bits per heavy atom. The van der Waals surface area contributed by atoms with Crippen LogP contribution in [0.5, 0.6) is 0 Å². The molecule has 0 aromatic rings. The topological polar surface area (TPSA) is 49.3 Å². The van der Waals surface area contributed by atoms with E-state index >= 15 is 0 Å². The van der Waals surface area contributed by atoms with Crippen LogP contribution in [0.3, 0.4) is 0 Å². The fourth-order valence-electron chi connectivity index (χ4n) is 1.85. The molecule has 0 aromatic carbocycles. The average molecular weight is 171 g/mol. The number of carbonyl (C=O) groups excluding carboxylic acids is 1. The van der Waals surface area contributed by atoms with Gasteiger partial charge in [0.25, 0.3) is 0 Å². The molecule has 3 nitrogen and oxygen atoms in total. The summed E-state index contributed by atoms with van der Waals surface area (Å²) in [5.74, 6) is 0.828. The van der Waals surface area contributed by atoms with E-state index in [9.17, 15) is 4.79 Å². The van der Waals surface area contributed by atoms with Crippen LogP contribution in [0.1, 0.15) is 26.2 Å². The van der Waals surface area contributed by atoms with E-state index in [1.807, 2.05) is 0 Å². The zero-order chi connectivity index (χ0) is 8.97. The zero-order valence-electron chi connectivity index (χ0n) is 7.55. The maximum atomic E-state index is 11.4. The lowest BCUT2D eigenvalue weighted by atomic mass is 9.97. The molecular weight excluding hydrogens is 154 g/mol. The van der Waals surface area contributed by atoms with Crippen LogP contribution in [-0.4, -0.2) is 24.2 Å². The van der Waals surface area contributed by atoms with Crippen LogP contribution in [0, 0.1) is 11.8 Å². The molecule has 0 bridgehead atoms. The van der Waals surface area contributed by atoms with Gasteiger partial charge in [0.1, 0.15) is 0 Å². The van der Waals surface area contributed by atoms with Crippen LogP contribution in [-0.2, 0) is 4.79 Å². The lowest BCUT2D eigenvalue weighted by Gasteiger charge is -2.14. The quantitative estimate of drug-likeness (QED) is 0.650. The maximum Gasteiger partial charge on any atom is 0.223 e. The molecule has 1 amide bonds. The highest BCUT2D eigenvalue weighted by Crippen LogP contribution is 2.30. The van der Waals surface area contributed by atoms with E-state index in [1.54, 1.807) is 0 Å². The van der Waals surface area contributed by atoms with E-state index in [-0.39, 0.29) is 18.4 Å². The Hall–Kier alpha value is -0.570. The normalized spacial score (nSPS) is 28.8. The van der Waals surface area contributed by atoms with Gasteiger partial charge in [0.15, 0.2) is 0 Å². The molecule has 0 aromatic heterocycles. The van der Waals surface area contributed by atoms with Gasteiger partial charge in [-0.3, -0.25) is 4.79 Å². The van der Waals surface area contributed by atoms with Gasteiger partial charge < -0.3 is 10.4 Å². The summed E-state index contributed by atoms with van der Waals surface area (Å²) in [4.78, 5) is 11.4. The van der Waals surface area contributed by atoms with E-state index < -0.39 is 0 Å². The number of amides is 1. The van der Waals surface area contributed by atoms with Crippen molar-refractivity contribution >= 4 is 5.91 Å². The van der Waals surface area contributed by atoms with Gasteiger partial charge in [0.2, 0.25) is 5.91 Å². The van der Waals surface area contributed by atoms with Crippen LogP contribution in [0.15, 0.2) is 0 Å². The summed E-state index contributed by atoms with van der Waals surface area (Å²) in [6.45, 7) is 2.55. The lowest BCUT2D eigenvalue weighted by Crippen LogP contribution is -2.33. The van der Waals surface area contributed by atoms with Gasteiger partial charge in [-0.05, 0) is 18.8 Å². The third kappa shape index (κ3) is 2.21. The van der Waals surface area contributed by atoms with Crippen molar-refractivity contribution in [2.24, 2.45) is 11.8 Å². The first-order valence-electron chi connectivity index (χ1n) is 4.64. The number of aliphatic hydroxyl groups is 1. The Labute approximate surface area is 73.2 Å². The van der Waals surface area contributed by atoms with Gasteiger partial charge >= 0.3 is 0 Å². The number of hydrogen-bond donors (Lipinski definition) is 2. The highest BCUT2D eigenvalue weighted by molar-refractivity contribution is 5.79. The van der Waals surface area contributed by atoms with E-state index in [4.69, 9.17) is 5.11 Å². The third-order valence-electron chi connectivity index (χ3n) is 2.61. The number of carbonyl (C=O) groups is 1. The van der Waals surface area contributed by atoms with Crippen molar-refractivity contribution in [3.63, 3.8) is 0 Å². The average Bonchev–Trinajstić information content (AvgIpc) is 2.47. The van der Waals surface area contributed by atoms with E-state index in [0.29, 0.717) is 12.5 Å². The van der Waals surface area contributed by atoms with Crippen LogP contribution in [0.25, 0.3) is 0 Å². The SMILES string of the molecule is CC1CCCC1C(=O)NCCO. The molecule has 1 aliphatic carbocycles. The molecule has 1 saturated carbocycles. The van der Waals surface area contributed by atoms with Gasteiger partial charge in [0, 0.05) is 12.5 Å². The minimum atomic E-state index is 0.0346. The van der Waals surface area contributed by atoms with Crippen molar-refractivity contribution in [3.05, 3.63) is 0 Å². The summed E-state index contributed by atoms with van der Waals surface area (Å²) in [6.07, 6.45) is 3.34. The minimum absolute atomic E-state index is 0.0346. The molecule has 12 heavy (non-hydrogen) atoms. The van der Waals surface area contributed by atoms with Crippen molar-refractivity contribution in [1.82, 2.24) is 5.32 Å². The van der Waals surface area contributed by atoms with Crippen molar-refractivity contribution in [1.29, 1.82) is 0 Å². The molecule has 1 aliphatic rings. The second-order valence-electron chi connectivity index (χ2n) is 3.53. The molecule has 0 heterocycles. The molecule has 0 aliphatic heterocycles. The minimum Gasteiger partial charge on any atom is -0.395 e. The van der Waals surface area contributed by atoms with Crippen LogP contribution < -0.4 is 5.32 Å². The van der Waals surface area contributed by atoms with E-state index in [2.05, 4.69) is 12.2 Å². The van der Waals surface area contributed by atoms with Gasteiger partial charge in [-0.15, -0.1) is 0 Å². The predicted molar refractivity (Wildman–Crippen MR) is 46.6 cm³/mol. The van der Waals surface area contributed by atoms with Gasteiger partial charge in [-0.1, -0.05) is 13.3 Å². The summed E-state index contributed by atoms with van der Waals surface area (Å²) in [6, 6.07) is 0. The molecule has 2 atom stereocenters. The van der Waals surface area contributed by atoms with Crippen LogP contribution in [0.2, 0.25) is 0 Å². The smallest absolute Gasteiger partial charge is 0.223 e. The van der Waals surface area contributed by atoms with Crippen molar-refractivity contribution in [2.75, 3.05) is 13.2 Å². The highest BCUT2D eigenvalue weighted by Gasteiger charge is 2.28. The lowest BCUT2D eigenvalue weighted by molar-refractivity contribution is -0.126. The first kappa shape index (κ1) is 9.52. The summed E-state index contributed by atoms with van der Waals surface area (Å²) >= 11 is 0. The van der Waals surface area contributed by atoms with Crippen LogP contribution >= 0.6 is 0 Å². The van der Waals surface area contributed by atoms with Gasteiger partial charge in [-0.25, -0.2) is 0 Å². The zero-order valence-corrected chi connectivity index (χ0v) is 7.55. The molecule has 2 unspecified atom stereocenters. The number of aliphatic hydroxyl groups excluding tert-OH is 1. The Kier molecular flexibility index (Phi) is 3.53. The van der Waals surface area contributed by atoms with Crippen molar-refractivity contribution in [3.8, 4) is 0 Å². The first-order chi connectivity index (χ1) is 5.75. The molecule has 1 rings (SSSR count). The summed E-state index contributed by atoms with van der Waals surface area (Å²) in [5, 5.41) is 11.2. The van der Waals surface area contributed by atoms with Gasteiger partial charge in [0.05, 0.1) is 6.61 Å². The Balaban J connectivity index is 2.30. The second-order valence-corrected chi connectivity index (χ2v) is 3.53. The monoisotopic (exact) mass is 171 g/mol. The van der Waals surface area contributed by atoms with Crippen LogP contribution in [0.4, 0.5) is 0 Å². The van der Waals surface area contributed by atoms with E-state index in [0.717, 1.165) is 12.8 Å². The fourth-order valence-corrected chi connectivity index (χ4v) is 1.85. The van der Waals surface area contributed by atoms with E-state index in [1.165, 1.54) is 6.42 Å². The predicted octanol–water partition coefficient (Wildman–Crippen LogP) is 0.531. The molecule has 0 radical (unpaired) electrons. The largest absolute Gasteiger partial charge is 0.395 e. The molecule has 3 heteroatoms. The third-order valence-corrected chi connectivity index (χ3v) is 2.61. The first-order valence-corrected chi connectivity index (χ1v) is 4.64. The van der Waals surface area contributed by atoms with Crippen molar-refractivity contribution < 1.29 is 9.90 Å². The highest BCUT2D eigenvalue weighted by atomic mass is 16.3. The summed E-state index contributed by atoms with van der Waals surface area (Å²) in [5.41, 5.74) is 0. The number of nitrogens with one attached hydrogen (secondary N) is 1. The Morgan fingerprint density at radius 3 is 2.83 bits per heavy atom. The molecule has 1 fully saturated rings.